The predicted octanol–water partition coefficient (Wildman–Crippen LogP) is 3.64. The molecular weight excluding hydrogens is 306 g/mol. The van der Waals surface area contributed by atoms with Gasteiger partial charge in [-0.05, 0) is 52.0 Å². The predicted molar refractivity (Wildman–Crippen MR) is 88.0 cm³/mol. The van der Waals surface area contributed by atoms with Gasteiger partial charge in [-0.25, -0.2) is 4.68 Å². The van der Waals surface area contributed by atoms with E-state index in [2.05, 4.69) is 9.82 Å². The molecule has 114 valence electrons. The summed E-state index contributed by atoms with van der Waals surface area (Å²) in [5.74, 6) is 0. The van der Waals surface area contributed by atoms with Gasteiger partial charge in [0, 0.05) is 28.1 Å². The molecule has 0 aliphatic heterocycles. The molecule has 0 bridgehead atoms. The van der Waals surface area contributed by atoms with Crippen molar-refractivity contribution in [2.24, 2.45) is 0 Å². The fourth-order valence-electron chi connectivity index (χ4n) is 1.70. The Labute approximate surface area is 133 Å². The highest BCUT2D eigenvalue weighted by atomic mass is 35.5. The Kier molecular flexibility index (Phi) is 4.99. The van der Waals surface area contributed by atoms with E-state index in [4.69, 9.17) is 11.6 Å². The quantitative estimate of drug-likeness (QED) is 0.873. The number of halogens is 1. The van der Waals surface area contributed by atoms with Crippen molar-refractivity contribution in [3.05, 3.63) is 47.2 Å². The van der Waals surface area contributed by atoms with Crippen molar-refractivity contribution in [2.45, 2.75) is 38.5 Å². The Balaban J connectivity index is 2.10. The normalized spacial score (nSPS) is 15.0. The first-order chi connectivity index (χ1) is 9.77. The lowest BCUT2D eigenvalue weighted by Crippen LogP contribution is -2.40. The lowest BCUT2D eigenvalue weighted by atomic mass is 10.2. The molecule has 0 saturated carbocycles. The third-order valence-electron chi connectivity index (χ3n) is 3.03. The van der Waals surface area contributed by atoms with Crippen molar-refractivity contribution in [2.75, 3.05) is 0 Å². The second-order valence-corrected chi connectivity index (χ2v) is 8.35. The molecule has 1 heterocycles. The van der Waals surface area contributed by atoms with Crippen LogP contribution >= 0.6 is 11.6 Å². The number of aromatic nitrogens is 2. The van der Waals surface area contributed by atoms with E-state index in [1.54, 1.807) is 10.9 Å². The van der Waals surface area contributed by atoms with Crippen molar-refractivity contribution < 1.29 is 4.55 Å². The Bertz CT molecular complexity index is 592. The highest BCUT2D eigenvalue weighted by Gasteiger charge is 2.28. The zero-order valence-corrected chi connectivity index (χ0v) is 14.2. The summed E-state index contributed by atoms with van der Waals surface area (Å²) in [6.07, 6.45) is 3.72. The lowest BCUT2D eigenvalue weighted by Gasteiger charge is -2.26. The molecule has 2 atom stereocenters. The maximum atomic E-state index is 12.1. The largest absolute Gasteiger partial charge is 0.598 e. The average molecular weight is 326 g/mol. The highest BCUT2D eigenvalue weighted by molar-refractivity contribution is 7.90. The first kappa shape index (κ1) is 16.4. The third-order valence-corrected chi connectivity index (χ3v) is 4.97. The first-order valence-corrected chi connectivity index (χ1v) is 8.29. The van der Waals surface area contributed by atoms with Crippen LogP contribution in [0.15, 0.2) is 36.7 Å². The van der Waals surface area contributed by atoms with Gasteiger partial charge < -0.3 is 4.55 Å². The summed E-state index contributed by atoms with van der Waals surface area (Å²) >= 11 is 4.77. The molecule has 6 heteroatoms. The summed E-state index contributed by atoms with van der Waals surface area (Å²) in [6, 6.07) is 7.43. The Morgan fingerprint density at radius 2 is 1.90 bits per heavy atom. The number of benzene rings is 1. The van der Waals surface area contributed by atoms with Gasteiger partial charge in [-0.2, -0.15) is 5.10 Å². The SMILES string of the molecule is C[C@H](N[S@+]([O-])C(C)(C)C)c1cnn(-c2ccc(Cl)cc2)c1. The van der Waals surface area contributed by atoms with Crippen LogP contribution in [0, 0.1) is 0 Å². The summed E-state index contributed by atoms with van der Waals surface area (Å²) in [7, 11) is 0. The Morgan fingerprint density at radius 3 is 2.48 bits per heavy atom. The van der Waals surface area contributed by atoms with Crippen LogP contribution < -0.4 is 4.72 Å². The van der Waals surface area contributed by atoms with E-state index < -0.39 is 11.4 Å². The fourth-order valence-corrected chi connectivity index (χ4v) is 2.64. The molecule has 21 heavy (non-hydrogen) atoms. The van der Waals surface area contributed by atoms with E-state index in [1.807, 2.05) is 58.2 Å². The van der Waals surface area contributed by atoms with E-state index in [1.165, 1.54) is 0 Å². The minimum atomic E-state index is -1.11. The van der Waals surface area contributed by atoms with E-state index >= 15 is 0 Å². The summed E-state index contributed by atoms with van der Waals surface area (Å²) < 4.78 is 16.7. The number of rotatable bonds is 4. The topological polar surface area (TPSA) is 52.9 Å². The smallest absolute Gasteiger partial charge is 0.136 e. The second kappa shape index (κ2) is 6.40. The number of nitrogens with zero attached hydrogens (tertiary/aromatic N) is 2. The lowest BCUT2D eigenvalue weighted by molar-refractivity contribution is 0.531. The van der Waals surface area contributed by atoms with Crippen LogP contribution in [0.25, 0.3) is 5.69 Å². The molecule has 0 amide bonds. The van der Waals surface area contributed by atoms with Crippen LogP contribution in [-0.2, 0) is 11.4 Å². The van der Waals surface area contributed by atoms with Crippen LogP contribution in [0.3, 0.4) is 0 Å². The molecule has 4 nitrogen and oxygen atoms in total. The summed E-state index contributed by atoms with van der Waals surface area (Å²) in [5, 5.41) is 5.04. The molecule has 2 rings (SSSR count). The van der Waals surface area contributed by atoms with Gasteiger partial charge in [0.25, 0.3) is 0 Å². The van der Waals surface area contributed by atoms with Gasteiger partial charge in [0.15, 0.2) is 0 Å². The van der Waals surface area contributed by atoms with Crippen LogP contribution in [0.1, 0.15) is 39.3 Å². The van der Waals surface area contributed by atoms with Crippen molar-refractivity contribution in [3.8, 4) is 5.69 Å². The maximum absolute atomic E-state index is 12.1. The van der Waals surface area contributed by atoms with Crippen molar-refractivity contribution in [1.29, 1.82) is 0 Å². The van der Waals surface area contributed by atoms with Crippen LogP contribution in [0.5, 0.6) is 0 Å². The monoisotopic (exact) mass is 325 g/mol. The van der Waals surface area contributed by atoms with Crippen LogP contribution in [0.4, 0.5) is 0 Å². The van der Waals surface area contributed by atoms with Crippen LogP contribution in [0.2, 0.25) is 5.02 Å². The van der Waals surface area contributed by atoms with Crippen molar-refractivity contribution in [3.63, 3.8) is 0 Å². The highest BCUT2D eigenvalue weighted by Crippen LogP contribution is 2.20. The molecule has 1 aromatic heterocycles. The summed E-state index contributed by atoms with van der Waals surface area (Å²) in [4.78, 5) is 0. The molecule has 0 radical (unpaired) electrons. The minimum Gasteiger partial charge on any atom is -0.598 e. The zero-order valence-electron chi connectivity index (χ0n) is 12.6. The Morgan fingerprint density at radius 1 is 1.29 bits per heavy atom. The zero-order chi connectivity index (χ0) is 15.6. The number of hydrogen-bond donors (Lipinski definition) is 1. The summed E-state index contributed by atoms with van der Waals surface area (Å²) in [5.41, 5.74) is 1.93. The molecule has 0 saturated heterocycles. The molecule has 0 aliphatic carbocycles. The molecule has 0 spiro atoms. The van der Waals surface area contributed by atoms with Crippen molar-refractivity contribution >= 4 is 23.0 Å². The first-order valence-electron chi connectivity index (χ1n) is 6.76. The third kappa shape index (κ3) is 4.23. The fraction of sp³-hybridized carbons (Fsp3) is 0.400. The van der Waals surface area contributed by atoms with Gasteiger partial charge in [0.2, 0.25) is 0 Å². The second-order valence-electron chi connectivity index (χ2n) is 5.92. The van der Waals surface area contributed by atoms with E-state index in [9.17, 15) is 4.55 Å². The molecule has 0 fully saturated rings. The minimum absolute atomic E-state index is 0.0360. The van der Waals surface area contributed by atoms with Gasteiger partial charge in [0.05, 0.1) is 17.9 Å². The molecule has 0 aliphatic rings. The van der Waals surface area contributed by atoms with Gasteiger partial charge >= 0.3 is 0 Å². The van der Waals surface area contributed by atoms with Gasteiger partial charge in [-0.1, -0.05) is 11.6 Å². The standard InChI is InChI=1S/C15H20ClN3OS/c1-11(18-21(20)15(2,3)4)12-9-17-19(10-12)14-7-5-13(16)6-8-14/h5-11,18H,1-4H3/t11-,21+/m0/s1. The van der Waals surface area contributed by atoms with E-state index in [0.717, 1.165) is 11.3 Å². The molecule has 1 aromatic carbocycles. The molecule has 1 N–H and O–H groups in total. The van der Waals surface area contributed by atoms with E-state index in [-0.39, 0.29) is 10.8 Å². The van der Waals surface area contributed by atoms with Crippen molar-refractivity contribution in [1.82, 2.24) is 14.5 Å². The maximum Gasteiger partial charge on any atom is 0.136 e. The molecule has 0 unspecified atom stereocenters. The number of hydrogen-bond acceptors (Lipinski definition) is 3. The van der Waals surface area contributed by atoms with Gasteiger partial charge in [0.1, 0.15) is 4.75 Å². The molecule has 2 aromatic rings. The average Bonchev–Trinajstić information content (AvgIpc) is 2.88. The number of nitrogens with one attached hydrogen (secondary N) is 1. The van der Waals surface area contributed by atoms with Crippen LogP contribution in [-0.4, -0.2) is 19.1 Å². The van der Waals surface area contributed by atoms with Gasteiger partial charge in [-0.3, -0.25) is 0 Å². The van der Waals surface area contributed by atoms with E-state index in [0.29, 0.717) is 5.02 Å². The summed E-state index contributed by atoms with van der Waals surface area (Å²) in [6.45, 7) is 7.81. The Hall–Kier alpha value is -1.01. The van der Waals surface area contributed by atoms with Gasteiger partial charge in [-0.15, -0.1) is 4.72 Å². The molecular formula is C15H20ClN3OS.